The maximum absolute atomic E-state index is 12.7. The molecule has 2 aliphatic heterocycles. The predicted molar refractivity (Wildman–Crippen MR) is 82.8 cm³/mol. The van der Waals surface area contributed by atoms with Crippen molar-refractivity contribution in [3.8, 4) is 0 Å². The van der Waals surface area contributed by atoms with Crippen molar-refractivity contribution in [3.63, 3.8) is 0 Å². The Balaban J connectivity index is 1.77. The van der Waals surface area contributed by atoms with Crippen molar-refractivity contribution >= 4 is 21.8 Å². The minimum Gasteiger partial charge on any atom is -0.356 e. The first-order valence-electron chi connectivity index (χ1n) is 7.59. The molecule has 0 saturated carbocycles. The lowest BCUT2D eigenvalue weighted by Crippen LogP contribution is -2.48. The van der Waals surface area contributed by atoms with Gasteiger partial charge in [0.25, 0.3) is 5.91 Å². The van der Waals surface area contributed by atoms with Crippen molar-refractivity contribution < 1.29 is 4.79 Å². The zero-order valence-electron chi connectivity index (χ0n) is 11.9. The van der Waals surface area contributed by atoms with E-state index < -0.39 is 0 Å². The highest BCUT2D eigenvalue weighted by atomic mass is 79.9. The first kappa shape index (κ1) is 14.1. The number of H-pyrrole nitrogens is 1. The van der Waals surface area contributed by atoms with Crippen molar-refractivity contribution in [2.75, 3.05) is 19.6 Å². The second-order valence-electron chi connectivity index (χ2n) is 5.78. The van der Waals surface area contributed by atoms with Gasteiger partial charge in [0.15, 0.2) is 0 Å². The van der Waals surface area contributed by atoms with Gasteiger partial charge in [-0.25, -0.2) is 0 Å². The number of aromatic nitrogens is 1. The van der Waals surface area contributed by atoms with Crippen LogP contribution in [-0.4, -0.2) is 52.4 Å². The highest BCUT2D eigenvalue weighted by molar-refractivity contribution is 9.10. The molecule has 2 saturated heterocycles. The first-order chi connectivity index (χ1) is 9.70. The quantitative estimate of drug-likeness (QED) is 0.919. The third-order valence-electron chi connectivity index (χ3n) is 4.70. The molecule has 0 aliphatic carbocycles. The number of hydrogen-bond acceptors (Lipinski definition) is 2. The Kier molecular flexibility index (Phi) is 4.17. The summed E-state index contributed by atoms with van der Waals surface area (Å²) in [5, 5.41) is 0. The average Bonchev–Trinajstić information content (AvgIpc) is 3.16. The Hall–Kier alpha value is -0.810. The summed E-state index contributed by atoms with van der Waals surface area (Å²) in [5.74, 6) is 0.154. The summed E-state index contributed by atoms with van der Waals surface area (Å²) in [6.45, 7) is 5.40. The van der Waals surface area contributed by atoms with Crippen LogP contribution >= 0.6 is 15.9 Å². The number of hydrogen-bond donors (Lipinski definition) is 1. The molecular formula is C15H22BrN3O. The van der Waals surface area contributed by atoms with E-state index in [4.69, 9.17) is 0 Å². The largest absolute Gasteiger partial charge is 0.356 e. The number of nitrogens with zero attached hydrogens (tertiary/aromatic N) is 2. The number of carbonyl (C=O) groups excluding carboxylic acids is 1. The van der Waals surface area contributed by atoms with Crippen LogP contribution < -0.4 is 0 Å². The highest BCUT2D eigenvalue weighted by Gasteiger charge is 2.39. The summed E-state index contributed by atoms with van der Waals surface area (Å²) >= 11 is 3.40. The molecule has 2 aliphatic rings. The molecule has 0 radical (unpaired) electrons. The Labute approximate surface area is 128 Å². The van der Waals surface area contributed by atoms with Gasteiger partial charge in [0.2, 0.25) is 0 Å². The summed E-state index contributed by atoms with van der Waals surface area (Å²) in [6, 6.07) is 2.83. The van der Waals surface area contributed by atoms with E-state index in [-0.39, 0.29) is 5.91 Å². The summed E-state index contributed by atoms with van der Waals surface area (Å²) in [4.78, 5) is 20.4. The monoisotopic (exact) mass is 339 g/mol. The van der Waals surface area contributed by atoms with Gasteiger partial charge in [0.1, 0.15) is 5.69 Å². The van der Waals surface area contributed by atoms with Crippen LogP contribution in [0.2, 0.25) is 0 Å². The molecule has 3 heterocycles. The number of rotatable bonds is 3. The lowest BCUT2D eigenvalue weighted by Gasteiger charge is -2.34. The fourth-order valence-electron chi connectivity index (χ4n) is 3.77. The van der Waals surface area contributed by atoms with Crippen molar-refractivity contribution in [1.29, 1.82) is 0 Å². The van der Waals surface area contributed by atoms with Crippen LogP contribution in [0, 0.1) is 0 Å². The number of likely N-dealkylation sites (N-methyl/N-ethyl adjacent to an activating group) is 1. The van der Waals surface area contributed by atoms with Crippen LogP contribution in [-0.2, 0) is 0 Å². The Morgan fingerprint density at radius 2 is 2.10 bits per heavy atom. The molecule has 0 aromatic carbocycles. The molecule has 20 heavy (non-hydrogen) atoms. The van der Waals surface area contributed by atoms with Gasteiger partial charge in [-0.3, -0.25) is 9.69 Å². The molecule has 4 nitrogen and oxygen atoms in total. The number of carbonyl (C=O) groups is 1. The second-order valence-corrected chi connectivity index (χ2v) is 6.69. The van der Waals surface area contributed by atoms with Gasteiger partial charge >= 0.3 is 0 Å². The third-order valence-corrected chi connectivity index (χ3v) is 5.16. The number of halogens is 1. The van der Waals surface area contributed by atoms with E-state index >= 15 is 0 Å². The van der Waals surface area contributed by atoms with Gasteiger partial charge < -0.3 is 9.88 Å². The fraction of sp³-hybridized carbons (Fsp3) is 0.667. The molecule has 0 unspecified atom stereocenters. The number of amides is 1. The minimum absolute atomic E-state index is 0.154. The molecule has 1 aromatic rings. The molecule has 110 valence electrons. The smallest absolute Gasteiger partial charge is 0.270 e. The van der Waals surface area contributed by atoms with E-state index in [1.165, 1.54) is 19.4 Å². The van der Waals surface area contributed by atoms with Gasteiger partial charge in [0.05, 0.1) is 0 Å². The molecule has 2 atom stereocenters. The first-order valence-corrected chi connectivity index (χ1v) is 8.39. The molecule has 1 amide bonds. The van der Waals surface area contributed by atoms with Gasteiger partial charge in [-0.2, -0.15) is 0 Å². The summed E-state index contributed by atoms with van der Waals surface area (Å²) < 4.78 is 0.938. The molecule has 0 spiro atoms. The SMILES string of the molecule is CCN1CCC[C@H]1[C@H]1CCCN1C(=O)c1cc(Br)c[nH]1. The van der Waals surface area contributed by atoms with E-state index in [0.29, 0.717) is 17.8 Å². The van der Waals surface area contributed by atoms with E-state index in [1.54, 1.807) is 0 Å². The average molecular weight is 340 g/mol. The topological polar surface area (TPSA) is 39.3 Å². The van der Waals surface area contributed by atoms with Gasteiger partial charge in [-0.15, -0.1) is 0 Å². The van der Waals surface area contributed by atoms with Crippen LogP contribution in [0.5, 0.6) is 0 Å². The second kappa shape index (κ2) is 5.90. The van der Waals surface area contributed by atoms with Crippen LogP contribution in [0.25, 0.3) is 0 Å². The molecule has 3 rings (SSSR count). The molecular weight excluding hydrogens is 318 g/mol. The van der Waals surface area contributed by atoms with Crippen LogP contribution in [0.15, 0.2) is 16.7 Å². The number of aromatic amines is 1. The van der Waals surface area contributed by atoms with Crippen molar-refractivity contribution in [1.82, 2.24) is 14.8 Å². The van der Waals surface area contributed by atoms with E-state index in [9.17, 15) is 4.79 Å². The summed E-state index contributed by atoms with van der Waals surface area (Å²) in [5.41, 5.74) is 0.699. The van der Waals surface area contributed by atoms with Gasteiger partial charge in [-0.05, 0) is 60.8 Å². The molecule has 2 fully saturated rings. The Morgan fingerprint density at radius 1 is 1.35 bits per heavy atom. The highest BCUT2D eigenvalue weighted by Crippen LogP contribution is 2.30. The zero-order chi connectivity index (χ0) is 14.1. The van der Waals surface area contributed by atoms with Crippen molar-refractivity contribution in [2.45, 2.75) is 44.7 Å². The standard InChI is InChI=1S/C15H22BrN3O/c1-2-18-7-3-5-13(18)14-6-4-8-19(14)15(20)12-9-11(16)10-17-12/h9-10,13-14,17H,2-8H2,1H3/t13-,14+/m0/s1. The predicted octanol–water partition coefficient (Wildman–Crippen LogP) is 2.87. The number of nitrogens with one attached hydrogen (secondary N) is 1. The normalized spacial score (nSPS) is 27.4. The lowest BCUT2D eigenvalue weighted by atomic mass is 10.0. The van der Waals surface area contributed by atoms with Crippen LogP contribution in [0.3, 0.4) is 0 Å². The minimum atomic E-state index is 0.154. The van der Waals surface area contributed by atoms with E-state index in [2.05, 4.69) is 37.6 Å². The van der Waals surface area contributed by atoms with Crippen LogP contribution in [0.1, 0.15) is 43.1 Å². The fourth-order valence-corrected chi connectivity index (χ4v) is 4.11. The Bertz CT molecular complexity index is 487. The molecule has 0 bridgehead atoms. The van der Waals surface area contributed by atoms with Gasteiger partial charge in [-0.1, -0.05) is 6.92 Å². The molecule has 5 heteroatoms. The maximum atomic E-state index is 12.7. The van der Waals surface area contributed by atoms with Crippen LogP contribution in [0.4, 0.5) is 0 Å². The van der Waals surface area contributed by atoms with Crippen molar-refractivity contribution in [2.24, 2.45) is 0 Å². The Morgan fingerprint density at radius 3 is 2.80 bits per heavy atom. The lowest BCUT2D eigenvalue weighted by molar-refractivity contribution is 0.0645. The number of likely N-dealkylation sites (tertiary alicyclic amines) is 2. The van der Waals surface area contributed by atoms with E-state index in [1.807, 2.05) is 12.3 Å². The zero-order valence-corrected chi connectivity index (χ0v) is 13.5. The summed E-state index contributed by atoms with van der Waals surface area (Å²) in [6.07, 6.45) is 6.61. The molecule has 1 N–H and O–H groups in total. The third kappa shape index (κ3) is 2.53. The molecule has 1 aromatic heterocycles. The van der Waals surface area contributed by atoms with E-state index in [0.717, 1.165) is 30.4 Å². The van der Waals surface area contributed by atoms with Gasteiger partial charge in [0, 0.05) is 29.3 Å². The maximum Gasteiger partial charge on any atom is 0.270 e. The van der Waals surface area contributed by atoms with Crippen molar-refractivity contribution in [3.05, 3.63) is 22.4 Å². The summed E-state index contributed by atoms with van der Waals surface area (Å²) in [7, 11) is 0.